The molecule has 2 aliphatic heterocycles. The van der Waals surface area contributed by atoms with E-state index in [4.69, 9.17) is 4.74 Å². The maximum absolute atomic E-state index is 11.9. The first kappa shape index (κ1) is 10.9. The van der Waals surface area contributed by atoms with Crippen molar-refractivity contribution in [2.45, 2.75) is 31.7 Å². The normalized spacial score (nSPS) is 28.7. The molecule has 0 radical (unpaired) electrons. The fraction of sp³-hybridized carbons (Fsp3) is 0.909. The van der Waals surface area contributed by atoms with Crippen molar-refractivity contribution in [3.8, 4) is 0 Å². The average molecular weight is 212 g/mol. The highest BCUT2D eigenvalue weighted by Gasteiger charge is 2.23. The van der Waals surface area contributed by atoms with Crippen molar-refractivity contribution in [1.82, 2.24) is 10.6 Å². The zero-order valence-electron chi connectivity index (χ0n) is 9.13. The first-order chi connectivity index (χ1) is 7.36. The molecule has 2 N–H and O–H groups in total. The van der Waals surface area contributed by atoms with Gasteiger partial charge in [0.15, 0.2) is 0 Å². The largest absolute Gasteiger partial charge is 0.381 e. The smallest absolute Gasteiger partial charge is 0.224 e. The fourth-order valence-electron chi connectivity index (χ4n) is 2.24. The number of amides is 1. The summed E-state index contributed by atoms with van der Waals surface area (Å²) in [6.45, 7) is 3.47. The van der Waals surface area contributed by atoms with E-state index in [1.165, 1.54) is 0 Å². The standard InChI is InChI=1S/C11H20N2O2/c14-11(9-2-1-5-12-8-9)13-10-3-6-15-7-4-10/h9-10,12H,1-8H2,(H,13,14). The number of hydrogen-bond donors (Lipinski definition) is 2. The van der Waals surface area contributed by atoms with Crippen molar-refractivity contribution < 1.29 is 9.53 Å². The molecule has 15 heavy (non-hydrogen) atoms. The number of ether oxygens (including phenoxy) is 1. The van der Waals surface area contributed by atoms with Gasteiger partial charge in [-0.1, -0.05) is 0 Å². The lowest BCUT2D eigenvalue weighted by Crippen LogP contribution is -2.46. The van der Waals surface area contributed by atoms with Gasteiger partial charge in [0.25, 0.3) is 0 Å². The molecular formula is C11H20N2O2. The average Bonchev–Trinajstić information content (AvgIpc) is 2.31. The zero-order valence-corrected chi connectivity index (χ0v) is 9.13. The number of nitrogens with one attached hydrogen (secondary N) is 2. The monoisotopic (exact) mass is 212 g/mol. The molecule has 0 saturated carbocycles. The van der Waals surface area contributed by atoms with Gasteiger partial charge in [0, 0.05) is 25.8 Å². The molecular weight excluding hydrogens is 192 g/mol. The van der Waals surface area contributed by atoms with Crippen LogP contribution in [0.15, 0.2) is 0 Å². The highest BCUT2D eigenvalue weighted by atomic mass is 16.5. The summed E-state index contributed by atoms with van der Waals surface area (Å²) < 4.78 is 5.26. The molecule has 0 aromatic rings. The SMILES string of the molecule is O=C(NC1CCOCC1)C1CCCNC1. The second kappa shape index (κ2) is 5.47. The summed E-state index contributed by atoms with van der Waals surface area (Å²) in [4.78, 5) is 11.9. The molecule has 0 aromatic heterocycles. The van der Waals surface area contributed by atoms with Crippen LogP contribution in [0.3, 0.4) is 0 Å². The van der Waals surface area contributed by atoms with Crippen molar-refractivity contribution in [2.24, 2.45) is 5.92 Å². The Morgan fingerprint density at radius 3 is 2.73 bits per heavy atom. The number of hydrogen-bond acceptors (Lipinski definition) is 3. The molecule has 2 rings (SSSR count). The van der Waals surface area contributed by atoms with Gasteiger partial charge in [-0.3, -0.25) is 4.79 Å². The second-order valence-corrected chi connectivity index (χ2v) is 4.44. The van der Waals surface area contributed by atoms with E-state index in [9.17, 15) is 4.79 Å². The number of carbonyl (C=O) groups excluding carboxylic acids is 1. The van der Waals surface area contributed by atoms with E-state index in [-0.39, 0.29) is 11.8 Å². The van der Waals surface area contributed by atoms with Crippen LogP contribution < -0.4 is 10.6 Å². The van der Waals surface area contributed by atoms with Crippen LogP contribution in [0.5, 0.6) is 0 Å². The third-order valence-corrected chi connectivity index (χ3v) is 3.24. The molecule has 0 bridgehead atoms. The van der Waals surface area contributed by atoms with Gasteiger partial charge in [0.05, 0.1) is 5.92 Å². The minimum Gasteiger partial charge on any atom is -0.381 e. The maximum atomic E-state index is 11.9. The summed E-state index contributed by atoms with van der Waals surface area (Å²) >= 11 is 0. The predicted molar refractivity (Wildman–Crippen MR) is 57.6 cm³/mol. The van der Waals surface area contributed by atoms with Crippen molar-refractivity contribution in [3.63, 3.8) is 0 Å². The molecule has 1 amide bonds. The van der Waals surface area contributed by atoms with Crippen LogP contribution in [0.4, 0.5) is 0 Å². The van der Waals surface area contributed by atoms with E-state index >= 15 is 0 Å². The molecule has 2 fully saturated rings. The van der Waals surface area contributed by atoms with Gasteiger partial charge >= 0.3 is 0 Å². The van der Waals surface area contributed by atoms with E-state index in [0.717, 1.165) is 52.0 Å². The van der Waals surface area contributed by atoms with E-state index in [1.807, 2.05) is 0 Å². The van der Waals surface area contributed by atoms with Gasteiger partial charge in [-0.25, -0.2) is 0 Å². The molecule has 2 saturated heterocycles. The van der Waals surface area contributed by atoms with Crippen molar-refractivity contribution in [3.05, 3.63) is 0 Å². The quantitative estimate of drug-likeness (QED) is 0.691. The number of rotatable bonds is 2. The van der Waals surface area contributed by atoms with Crippen LogP contribution in [-0.2, 0) is 9.53 Å². The number of carbonyl (C=O) groups is 1. The molecule has 2 heterocycles. The van der Waals surface area contributed by atoms with Gasteiger partial charge < -0.3 is 15.4 Å². The lowest BCUT2D eigenvalue weighted by atomic mass is 9.98. The lowest BCUT2D eigenvalue weighted by molar-refractivity contribution is -0.126. The maximum Gasteiger partial charge on any atom is 0.224 e. The van der Waals surface area contributed by atoms with Crippen LogP contribution in [-0.4, -0.2) is 38.3 Å². The summed E-state index contributed by atoms with van der Waals surface area (Å²) in [6.07, 6.45) is 4.08. The highest BCUT2D eigenvalue weighted by Crippen LogP contribution is 2.12. The molecule has 1 atom stereocenters. The Balaban J connectivity index is 1.74. The van der Waals surface area contributed by atoms with E-state index in [1.54, 1.807) is 0 Å². The Hall–Kier alpha value is -0.610. The van der Waals surface area contributed by atoms with Gasteiger partial charge in [-0.05, 0) is 32.2 Å². The second-order valence-electron chi connectivity index (χ2n) is 4.44. The first-order valence-electron chi connectivity index (χ1n) is 5.95. The van der Waals surface area contributed by atoms with Gasteiger partial charge in [-0.15, -0.1) is 0 Å². The van der Waals surface area contributed by atoms with Gasteiger partial charge in [0.1, 0.15) is 0 Å². The Kier molecular flexibility index (Phi) is 3.97. The summed E-state index contributed by atoms with van der Waals surface area (Å²) in [5, 5.41) is 6.40. The van der Waals surface area contributed by atoms with Gasteiger partial charge in [-0.2, -0.15) is 0 Å². The minimum atomic E-state index is 0.182. The summed E-state index contributed by atoms with van der Waals surface area (Å²) in [5.41, 5.74) is 0. The fourth-order valence-corrected chi connectivity index (χ4v) is 2.24. The summed E-state index contributed by atoms with van der Waals surface area (Å²) in [7, 11) is 0. The third-order valence-electron chi connectivity index (χ3n) is 3.24. The molecule has 4 nitrogen and oxygen atoms in total. The van der Waals surface area contributed by atoms with Crippen molar-refractivity contribution in [2.75, 3.05) is 26.3 Å². The Morgan fingerprint density at radius 2 is 2.07 bits per heavy atom. The Morgan fingerprint density at radius 1 is 1.27 bits per heavy atom. The summed E-state index contributed by atoms with van der Waals surface area (Å²) in [5.74, 6) is 0.413. The van der Waals surface area contributed by atoms with Crippen LogP contribution in [0, 0.1) is 5.92 Å². The van der Waals surface area contributed by atoms with Crippen LogP contribution in [0.1, 0.15) is 25.7 Å². The van der Waals surface area contributed by atoms with Gasteiger partial charge in [0.2, 0.25) is 5.91 Å². The van der Waals surface area contributed by atoms with E-state index in [0.29, 0.717) is 6.04 Å². The molecule has 2 aliphatic rings. The van der Waals surface area contributed by atoms with Crippen LogP contribution in [0.2, 0.25) is 0 Å². The molecule has 0 spiro atoms. The van der Waals surface area contributed by atoms with Crippen molar-refractivity contribution in [1.29, 1.82) is 0 Å². The van der Waals surface area contributed by atoms with E-state index in [2.05, 4.69) is 10.6 Å². The molecule has 4 heteroatoms. The topological polar surface area (TPSA) is 50.4 Å². The third kappa shape index (κ3) is 3.18. The Bertz CT molecular complexity index is 209. The van der Waals surface area contributed by atoms with Crippen LogP contribution in [0.25, 0.3) is 0 Å². The Labute approximate surface area is 90.8 Å². The first-order valence-corrected chi connectivity index (χ1v) is 5.95. The highest BCUT2D eigenvalue weighted by molar-refractivity contribution is 5.79. The van der Waals surface area contributed by atoms with Crippen molar-refractivity contribution >= 4 is 5.91 Å². The van der Waals surface area contributed by atoms with Crippen LogP contribution >= 0.6 is 0 Å². The zero-order chi connectivity index (χ0) is 10.5. The van der Waals surface area contributed by atoms with E-state index < -0.39 is 0 Å². The molecule has 0 aromatic carbocycles. The lowest BCUT2D eigenvalue weighted by Gasteiger charge is -2.27. The molecule has 0 aliphatic carbocycles. The minimum absolute atomic E-state index is 0.182. The molecule has 86 valence electrons. The molecule has 1 unspecified atom stereocenters. The summed E-state index contributed by atoms with van der Waals surface area (Å²) in [6, 6.07) is 0.341. The number of piperidine rings is 1. The predicted octanol–water partition coefficient (Wildman–Crippen LogP) is 0.281.